The lowest BCUT2D eigenvalue weighted by Crippen LogP contribution is -2.13. The number of anilines is 2. The molecule has 2 amide bonds. The molecule has 9 nitrogen and oxygen atoms in total. The van der Waals surface area contributed by atoms with E-state index in [1.165, 1.54) is 12.3 Å². The number of carbonyl (C=O) groups excluding carboxylic acids is 2. The fraction of sp³-hybridized carbons (Fsp3) is 0.103. The molecule has 2 N–H and O–H groups in total. The third-order valence-corrected chi connectivity index (χ3v) is 7.79. The van der Waals surface area contributed by atoms with Gasteiger partial charge in [0.25, 0.3) is 11.8 Å². The molecular formula is C39H31Cl2N7O2. The minimum atomic E-state index is -0.327. The van der Waals surface area contributed by atoms with Crippen molar-refractivity contribution in [3.05, 3.63) is 177 Å². The number of aromatic nitrogens is 4. The summed E-state index contributed by atoms with van der Waals surface area (Å²) in [5.74, 6) is 0.418. The highest BCUT2D eigenvalue weighted by Gasteiger charge is 2.09. The number of nitrogens with one attached hydrogen (secondary N) is 2. The van der Waals surface area contributed by atoms with Crippen LogP contribution in [-0.4, -0.2) is 31.8 Å². The Morgan fingerprint density at radius 2 is 1.14 bits per heavy atom. The van der Waals surface area contributed by atoms with Gasteiger partial charge in [0.1, 0.15) is 23.4 Å². The standard InChI is InChI=1S/C20H18ClN3O.C19H13ClN4O/c1-2-18-8-7-16(13-22-18)20(25)24-19-9-6-15(12-23-19)10-14-4-3-5-17(21)11-14;20-16-3-1-2-13(9-16)8-14-4-7-18(23-11-14)24-19(25)15-5-6-17(10-21)22-12-15/h3-9,11-13H,2,10H2,1H3,(H,23,24,25);1-7,9,11-12H,8H2,(H,23,24,25). The Morgan fingerprint density at radius 1 is 0.620 bits per heavy atom. The number of nitriles is 1. The summed E-state index contributed by atoms with van der Waals surface area (Å²) in [6.07, 6.45) is 8.72. The Balaban J connectivity index is 0.000000194. The maximum absolute atomic E-state index is 12.2. The minimum Gasteiger partial charge on any atom is -0.307 e. The molecule has 11 heteroatoms. The van der Waals surface area contributed by atoms with E-state index in [4.69, 9.17) is 28.5 Å². The zero-order valence-electron chi connectivity index (χ0n) is 27.0. The van der Waals surface area contributed by atoms with Gasteiger partial charge in [0, 0.05) is 40.5 Å². The summed E-state index contributed by atoms with van der Waals surface area (Å²) >= 11 is 12.0. The average Bonchev–Trinajstić information content (AvgIpc) is 3.13. The molecule has 0 bridgehead atoms. The van der Waals surface area contributed by atoms with E-state index in [9.17, 15) is 9.59 Å². The number of hydrogen-bond donors (Lipinski definition) is 2. The van der Waals surface area contributed by atoms with Crippen molar-refractivity contribution in [2.45, 2.75) is 26.2 Å². The van der Waals surface area contributed by atoms with Crippen LogP contribution in [0.15, 0.2) is 122 Å². The molecule has 0 aliphatic rings. The number of benzene rings is 2. The first-order valence-corrected chi connectivity index (χ1v) is 16.4. The number of pyridine rings is 4. The minimum absolute atomic E-state index is 0.217. The predicted octanol–water partition coefficient (Wildman–Crippen LogP) is 8.38. The van der Waals surface area contributed by atoms with E-state index in [0.29, 0.717) is 34.2 Å². The molecule has 0 unspecified atom stereocenters. The number of amides is 2. The number of aryl methyl sites for hydroxylation is 1. The molecule has 50 heavy (non-hydrogen) atoms. The van der Waals surface area contributed by atoms with Crippen LogP contribution in [0.2, 0.25) is 10.0 Å². The summed E-state index contributed by atoms with van der Waals surface area (Å²) in [6, 6.07) is 31.4. The fourth-order valence-corrected chi connectivity index (χ4v) is 5.14. The second-order valence-electron chi connectivity index (χ2n) is 11.1. The quantitative estimate of drug-likeness (QED) is 0.155. The molecule has 0 radical (unpaired) electrons. The van der Waals surface area contributed by atoms with Crippen molar-refractivity contribution in [2.75, 3.05) is 10.6 Å². The smallest absolute Gasteiger partial charge is 0.258 e. The fourth-order valence-electron chi connectivity index (χ4n) is 4.71. The van der Waals surface area contributed by atoms with Crippen molar-refractivity contribution in [3.63, 3.8) is 0 Å². The first-order valence-electron chi connectivity index (χ1n) is 15.6. The molecule has 0 aliphatic heterocycles. The highest BCUT2D eigenvalue weighted by atomic mass is 35.5. The van der Waals surface area contributed by atoms with Gasteiger partial charge in [-0.1, -0.05) is 66.5 Å². The van der Waals surface area contributed by atoms with Crippen molar-refractivity contribution in [3.8, 4) is 6.07 Å². The molecule has 0 saturated heterocycles. The van der Waals surface area contributed by atoms with Crippen LogP contribution >= 0.6 is 23.2 Å². The average molecular weight is 701 g/mol. The first kappa shape index (κ1) is 35.4. The molecule has 2 aromatic carbocycles. The van der Waals surface area contributed by atoms with Crippen LogP contribution in [-0.2, 0) is 19.3 Å². The van der Waals surface area contributed by atoms with E-state index in [1.54, 1.807) is 42.9 Å². The number of hydrogen-bond acceptors (Lipinski definition) is 7. The predicted molar refractivity (Wildman–Crippen MR) is 195 cm³/mol. The lowest BCUT2D eigenvalue weighted by atomic mass is 10.1. The molecule has 0 atom stereocenters. The topological polar surface area (TPSA) is 134 Å². The van der Waals surface area contributed by atoms with Gasteiger partial charge in [0.05, 0.1) is 11.1 Å². The van der Waals surface area contributed by atoms with Crippen molar-refractivity contribution >= 4 is 46.7 Å². The van der Waals surface area contributed by atoms with Crippen LogP contribution in [0.3, 0.4) is 0 Å². The molecule has 0 fully saturated rings. The third kappa shape index (κ3) is 10.5. The summed E-state index contributed by atoms with van der Waals surface area (Å²) in [5.41, 5.74) is 6.38. The van der Waals surface area contributed by atoms with Gasteiger partial charge in [0.2, 0.25) is 0 Å². The van der Waals surface area contributed by atoms with Gasteiger partial charge in [0.15, 0.2) is 0 Å². The summed E-state index contributed by atoms with van der Waals surface area (Å²) < 4.78 is 0. The molecule has 6 rings (SSSR count). The summed E-state index contributed by atoms with van der Waals surface area (Å²) in [5, 5.41) is 15.6. The van der Waals surface area contributed by atoms with E-state index in [0.717, 1.165) is 45.8 Å². The van der Waals surface area contributed by atoms with E-state index in [1.807, 2.05) is 79.7 Å². The van der Waals surface area contributed by atoms with Crippen molar-refractivity contribution in [1.29, 1.82) is 5.26 Å². The number of halogens is 2. The second kappa shape index (κ2) is 17.4. The monoisotopic (exact) mass is 699 g/mol. The Bertz CT molecular complexity index is 2100. The molecule has 248 valence electrons. The molecule has 4 heterocycles. The largest absolute Gasteiger partial charge is 0.307 e. The Kier molecular flexibility index (Phi) is 12.3. The molecule has 4 aromatic heterocycles. The number of nitrogens with zero attached hydrogens (tertiary/aromatic N) is 5. The maximum atomic E-state index is 12.2. The normalized spacial score (nSPS) is 10.3. The zero-order valence-corrected chi connectivity index (χ0v) is 28.5. The van der Waals surface area contributed by atoms with Gasteiger partial charge >= 0.3 is 0 Å². The highest BCUT2D eigenvalue weighted by molar-refractivity contribution is 6.30. The molecular weight excluding hydrogens is 669 g/mol. The molecule has 0 spiro atoms. The SMILES string of the molecule is CCc1ccc(C(=O)Nc2ccc(Cc3cccc(Cl)c3)cn2)cn1.N#Cc1ccc(C(=O)Nc2ccc(Cc3cccc(Cl)c3)cn2)cn1. The van der Waals surface area contributed by atoms with Crippen LogP contribution in [0.5, 0.6) is 0 Å². The van der Waals surface area contributed by atoms with Gasteiger partial charge in [-0.15, -0.1) is 0 Å². The lowest BCUT2D eigenvalue weighted by Gasteiger charge is -2.06. The summed E-state index contributed by atoms with van der Waals surface area (Å²) in [7, 11) is 0. The van der Waals surface area contributed by atoms with Crippen LogP contribution in [0.25, 0.3) is 0 Å². The summed E-state index contributed by atoms with van der Waals surface area (Å²) in [6.45, 7) is 2.02. The van der Waals surface area contributed by atoms with Crippen LogP contribution in [0.4, 0.5) is 11.6 Å². The summed E-state index contributed by atoms with van der Waals surface area (Å²) in [4.78, 5) is 41.0. The van der Waals surface area contributed by atoms with Gasteiger partial charge in [-0.05, 0) is 102 Å². The number of rotatable bonds is 9. The Morgan fingerprint density at radius 3 is 1.52 bits per heavy atom. The third-order valence-electron chi connectivity index (χ3n) is 7.32. The lowest BCUT2D eigenvalue weighted by molar-refractivity contribution is 0.101. The van der Waals surface area contributed by atoms with E-state index < -0.39 is 0 Å². The Hall–Kier alpha value is -5.95. The molecule has 0 saturated carbocycles. The zero-order chi connectivity index (χ0) is 35.3. The highest BCUT2D eigenvalue weighted by Crippen LogP contribution is 2.17. The second-order valence-corrected chi connectivity index (χ2v) is 11.9. The van der Waals surface area contributed by atoms with Crippen LogP contribution in [0, 0.1) is 11.3 Å². The van der Waals surface area contributed by atoms with Gasteiger partial charge in [-0.25, -0.2) is 15.0 Å². The Labute approximate surface area is 300 Å². The van der Waals surface area contributed by atoms with Gasteiger partial charge < -0.3 is 10.6 Å². The van der Waals surface area contributed by atoms with E-state index >= 15 is 0 Å². The molecule has 0 aliphatic carbocycles. The molecule has 6 aromatic rings. The maximum Gasteiger partial charge on any atom is 0.258 e. The van der Waals surface area contributed by atoms with Crippen molar-refractivity contribution < 1.29 is 9.59 Å². The first-order chi connectivity index (χ1) is 24.3. The van der Waals surface area contributed by atoms with Crippen LogP contribution in [0.1, 0.15) is 61.3 Å². The van der Waals surface area contributed by atoms with E-state index in [2.05, 4.69) is 30.6 Å². The van der Waals surface area contributed by atoms with Gasteiger partial charge in [-0.2, -0.15) is 5.26 Å². The van der Waals surface area contributed by atoms with Crippen LogP contribution < -0.4 is 10.6 Å². The number of carbonyl (C=O) groups is 2. The van der Waals surface area contributed by atoms with Crippen molar-refractivity contribution in [2.24, 2.45) is 0 Å². The van der Waals surface area contributed by atoms with E-state index in [-0.39, 0.29) is 17.5 Å². The van der Waals surface area contributed by atoms with Gasteiger partial charge in [-0.3, -0.25) is 14.6 Å². The van der Waals surface area contributed by atoms with Crippen molar-refractivity contribution in [1.82, 2.24) is 19.9 Å².